The summed E-state index contributed by atoms with van der Waals surface area (Å²) in [6.07, 6.45) is 2.76. The number of benzene rings is 1. The third-order valence-corrected chi connectivity index (χ3v) is 3.16. The van der Waals surface area contributed by atoms with Crippen LogP contribution in [0.2, 0.25) is 10.0 Å². The lowest BCUT2D eigenvalue weighted by Crippen LogP contribution is -2.28. The third kappa shape index (κ3) is 4.84. The van der Waals surface area contributed by atoms with Crippen LogP contribution in [0.3, 0.4) is 0 Å². The lowest BCUT2D eigenvalue weighted by Gasteiger charge is -2.06. The van der Waals surface area contributed by atoms with E-state index in [0.717, 1.165) is 18.4 Å². The van der Waals surface area contributed by atoms with E-state index in [-0.39, 0.29) is 5.91 Å². The molecule has 18 heavy (non-hydrogen) atoms. The van der Waals surface area contributed by atoms with Crippen LogP contribution in [0.4, 0.5) is 0 Å². The SMILES string of the molecule is O=C(CCNCc1cc(Cl)cc(Cl)c1)NC1CC1. The van der Waals surface area contributed by atoms with Gasteiger partial charge in [0.25, 0.3) is 0 Å². The van der Waals surface area contributed by atoms with Crippen molar-refractivity contribution in [1.82, 2.24) is 10.6 Å². The summed E-state index contributed by atoms with van der Waals surface area (Å²) in [4.78, 5) is 11.4. The highest BCUT2D eigenvalue weighted by Crippen LogP contribution is 2.19. The molecule has 98 valence electrons. The Balaban J connectivity index is 1.66. The summed E-state index contributed by atoms with van der Waals surface area (Å²) in [7, 11) is 0. The van der Waals surface area contributed by atoms with Crippen molar-refractivity contribution in [1.29, 1.82) is 0 Å². The van der Waals surface area contributed by atoms with Gasteiger partial charge in [0.2, 0.25) is 5.91 Å². The van der Waals surface area contributed by atoms with Gasteiger partial charge in [0.05, 0.1) is 0 Å². The molecule has 1 aliphatic carbocycles. The normalized spacial score (nSPS) is 14.6. The summed E-state index contributed by atoms with van der Waals surface area (Å²) in [5.41, 5.74) is 1.02. The molecule has 5 heteroatoms. The Labute approximate surface area is 117 Å². The summed E-state index contributed by atoms with van der Waals surface area (Å²) in [5, 5.41) is 7.41. The van der Waals surface area contributed by atoms with Crippen molar-refractivity contribution in [3.63, 3.8) is 0 Å². The van der Waals surface area contributed by atoms with Crippen molar-refractivity contribution in [2.45, 2.75) is 31.8 Å². The van der Waals surface area contributed by atoms with Crippen LogP contribution in [0, 0.1) is 0 Å². The van der Waals surface area contributed by atoms with Crippen LogP contribution in [0.25, 0.3) is 0 Å². The van der Waals surface area contributed by atoms with Crippen molar-refractivity contribution in [3.05, 3.63) is 33.8 Å². The average molecular weight is 287 g/mol. The lowest BCUT2D eigenvalue weighted by molar-refractivity contribution is -0.121. The molecule has 1 fully saturated rings. The van der Waals surface area contributed by atoms with Crippen molar-refractivity contribution < 1.29 is 4.79 Å². The second kappa shape index (κ2) is 6.41. The van der Waals surface area contributed by atoms with E-state index >= 15 is 0 Å². The molecule has 1 saturated carbocycles. The summed E-state index contributed by atoms with van der Waals surface area (Å²) in [6, 6.07) is 5.87. The molecular weight excluding hydrogens is 271 g/mol. The first-order valence-electron chi connectivity index (χ1n) is 6.08. The molecule has 1 aliphatic rings. The van der Waals surface area contributed by atoms with Gasteiger partial charge >= 0.3 is 0 Å². The molecule has 3 nitrogen and oxygen atoms in total. The Morgan fingerprint density at radius 3 is 2.50 bits per heavy atom. The van der Waals surface area contributed by atoms with Gasteiger partial charge in [-0.15, -0.1) is 0 Å². The number of carbonyl (C=O) groups excluding carboxylic acids is 1. The van der Waals surface area contributed by atoms with Crippen LogP contribution in [-0.4, -0.2) is 18.5 Å². The highest BCUT2D eigenvalue weighted by molar-refractivity contribution is 6.34. The molecule has 0 aromatic heterocycles. The minimum atomic E-state index is 0.120. The summed E-state index contributed by atoms with van der Waals surface area (Å²) in [6.45, 7) is 1.32. The standard InChI is InChI=1S/C13H16Cl2N2O/c14-10-5-9(6-11(15)7-10)8-16-4-3-13(18)17-12-1-2-12/h5-7,12,16H,1-4,8H2,(H,17,18). The number of hydrogen-bond acceptors (Lipinski definition) is 2. The van der Waals surface area contributed by atoms with Crippen LogP contribution in [0.5, 0.6) is 0 Å². The summed E-state index contributed by atoms with van der Waals surface area (Å²) in [5.74, 6) is 0.120. The van der Waals surface area contributed by atoms with Crippen molar-refractivity contribution in [3.8, 4) is 0 Å². The zero-order valence-electron chi connectivity index (χ0n) is 10.0. The van der Waals surface area contributed by atoms with Gasteiger partial charge < -0.3 is 10.6 Å². The monoisotopic (exact) mass is 286 g/mol. The molecule has 2 N–H and O–H groups in total. The predicted molar refractivity (Wildman–Crippen MR) is 74.0 cm³/mol. The Hall–Kier alpha value is -0.770. The van der Waals surface area contributed by atoms with Gasteiger partial charge in [-0.2, -0.15) is 0 Å². The van der Waals surface area contributed by atoms with E-state index in [4.69, 9.17) is 23.2 Å². The van der Waals surface area contributed by atoms with Crippen molar-refractivity contribution >= 4 is 29.1 Å². The van der Waals surface area contributed by atoms with Crippen molar-refractivity contribution in [2.24, 2.45) is 0 Å². The molecule has 0 bridgehead atoms. The first kappa shape index (κ1) is 13.7. The molecule has 0 spiro atoms. The highest BCUT2D eigenvalue weighted by Gasteiger charge is 2.22. The number of carbonyl (C=O) groups is 1. The Morgan fingerprint density at radius 2 is 1.89 bits per heavy atom. The number of nitrogens with one attached hydrogen (secondary N) is 2. The molecule has 2 rings (SSSR count). The molecule has 0 radical (unpaired) electrons. The smallest absolute Gasteiger partial charge is 0.221 e. The van der Waals surface area contributed by atoms with Crippen molar-refractivity contribution in [2.75, 3.05) is 6.54 Å². The lowest BCUT2D eigenvalue weighted by atomic mass is 10.2. The quantitative estimate of drug-likeness (QED) is 0.790. The molecule has 0 heterocycles. The van der Waals surface area contributed by atoms with Gasteiger partial charge in [0, 0.05) is 35.6 Å². The molecule has 0 atom stereocenters. The maximum atomic E-state index is 11.4. The second-order valence-corrected chi connectivity index (χ2v) is 5.42. The van der Waals surface area contributed by atoms with Crippen LogP contribution < -0.4 is 10.6 Å². The van der Waals surface area contributed by atoms with Gasteiger partial charge in [-0.05, 0) is 36.6 Å². The van der Waals surface area contributed by atoms with Gasteiger partial charge in [-0.3, -0.25) is 4.79 Å². The van der Waals surface area contributed by atoms with Crippen LogP contribution in [0.15, 0.2) is 18.2 Å². The molecule has 1 amide bonds. The molecule has 1 aromatic carbocycles. The molecule has 0 saturated heterocycles. The minimum Gasteiger partial charge on any atom is -0.353 e. The van der Waals surface area contributed by atoms with E-state index in [9.17, 15) is 4.79 Å². The summed E-state index contributed by atoms with van der Waals surface area (Å²) < 4.78 is 0. The zero-order chi connectivity index (χ0) is 13.0. The average Bonchev–Trinajstić information content (AvgIpc) is 3.07. The number of hydrogen-bond donors (Lipinski definition) is 2. The predicted octanol–water partition coefficient (Wildman–Crippen LogP) is 2.75. The maximum Gasteiger partial charge on any atom is 0.221 e. The molecule has 1 aromatic rings. The Morgan fingerprint density at radius 1 is 1.22 bits per heavy atom. The largest absolute Gasteiger partial charge is 0.353 e. The van der Waals surface area contributed by atoms with E-state index < -0.39 is 0 Å². The van der Waals surface area contributed by atoms with Gasteiger partial charge in [-0.1, -0.05) is 23.2 Å². The van der Waals surface area contributed by atoms with Crippen LogP contribution in [0.1, 0.15) is 24.8 Å². The highest BCUT2D eigenvalue weighted by atomic mass is 35.5. The zero-order valence-corrected chi connectivity index (χ0v) is 11.5. The van der Waals surface area contributed by atoms with E-state index in [2.05, 4.69) is 10.6 Å². The molecule has 0 aliphatic heterocycles. The first-order valence-corrected chi connectivity index (χ1v) is 6.84. The third-order valence-electron chi connectivity index (χ3n) is 2.72. The number of amides is 1. The summed E-state index contributed by atoms with van der Waals surface area (Å²) >= 11 is 11.8. The van der Waals surface area contributed by atoms with Gasteiger partial charge in [0.15, 0.2) is 0 Å². The topological polar surface area (TPSA) is 41.1 Å². The van der Waals surface area contributed by atoms with E-state index in [0.29, 0.717) is 35.6 Å². The van der Waals surface area contributed by atoms with Crippen LogP contribution >= 0.6 is 23.2 Å². The fraction of sp³-hybridized carbons (Fsp3) is 0.462. The van der Waals surface area contributed by atoms with E-state index in [1.807, 2.05) is 12.1 Å². The second-order valence-electron chi connectivity index (χ2n) is 4.55. The van der Waals surface area contributed by atoms with E-state index in [1.165, 1.54) is 0 Å². The molecule has 0 unspecified atom stereocenters. The van der Waals surface area contributed by atoms with Crippen LogP contribution in [-0.2, 0) is 11.3 Å². The first-order chi connectivity index (χ1) is 8.63. The fourth-order valence-electron chi connectivity index (χ4n) is 1.68. The maximum absolute atomic E-state index is 11.4. The number of halogens is 2. The molecular formula is C13H16Cl2N2O. The minimum absolute atomic E-state index is 0.120. The van der Waals surface area contributed by atoms with Gasteiger partial charge in [0.1, 0.15) is 0 Å². The van der Waals surface area contributed by atoms with Gasteiger partial charge in [-0.25, -0.2) is 0 Å². The van der Waals surface area contributed by atoms with E-state index in [1.54, 1.807) is 6.07 Å². The number of rotatable bonds is 6. The fourth-order valence-corrected chi connectivity index (χ4v) is 2.25. The Kier molecular flexibility index (Phi) is 4.87. The Bertz CT molecular complexity index is 413.